The van der Waals surface area contributed by atoms with Gasteiger partial charge in [-0.25, -0.2) is 4.39 Å². The second-order valence-electron chi connectivity index (χ2n) is 8.94. The molecule has 4 nitrogen and oxygen atoms in total. The molecule has 1 aliphatic heterocycles. The summed E-state index contributed by atoms with van der Waals surface area (Å²) in [6.45, 7) is 4.91. The van der Waals surface area contributed by atoms with E-state index in [4.69, 9.17) is 9.84 Å². The van der Waals surface area contributed by atoms with Gasteiger partial charge in [0.2, 0.25) is 0 Å². The molecular weight excluding hydrogens is 453 g/mol. The minimum Gasteiger partial charge on any atom is -0.489 e. The molecule has 0 aromatic heterocycles. The van der Waals surface area contributed by atoms with Gasteiger partial charge in [-0.3, -0.25) is 9.69 Å². The highest BCUT2D eigenvalue weighted by Gasteiger charge is 2.14. The fourth-order valence-electron chi connectivity index (χ4n) is 4.34. The normalized spacial score (nSPS) is 14.3. The molecule has 1 heterocycles. The number of carbonyl (C=O) groups is 1. The van der Waals surface area contributed by atoms with Crippen LogP contribution in [0.4, 0.5) is 4.39 Å². The maximum Gasteiger partial charge on any atom is 0.304 e. The highest BCUT2D eigenvalue weighted by molar-refractivity contribution is 5.69. The number of carboxylic acid groups (broad SMARTS) is 1. The average Bonchev–Trinajstić information content (AvgIpc) is 2.89. The van der Waals surface area contributed by atoms with E-state index in [1.807, 2.05) is 36.4 Å². The number of carboxylic acids is 1. The van der Waals surface area contributed by atoms with Gasteiger partial charge < -0.3 is 9.84 Å². The van der Waals surface area contributed by atoms with Crippen molar-refractivity contribution >= 4 is 11.5 Å². The molecule has 3 aromatic carbocycles. The van der Waals surface area contributed by atoms with Crippen LogP contribution in [0.25, 0.3) is 5.57 Å². The van der Waals surface area contributed by atoms with E-state index >= 15 is 0 Å². The van der Waals surface area contributed by atoms with E-state index in [0.717, 1.165) is 48.5 Å². The molecule has 4 rings (SSSR count). The Morgan fingerprint density at radius 3 is 2.33 bits per heavy atom. The van der Waals surface area contributed by atoms with Crippen molar-refractivity contribution < 1.29 is 19.0 Å². The van der Waals surface area contributed by atoms with Crippen molar-refractivity contribution in [2.75, 3.05) is 13.1 Å². The topological polar surface area (TPSA) is 49.8 Å². The smallest absolute Gasteiger partial charge is 0.304 e. The molecule has 1 aliphatic rings. The number of benzene rings is 3. The first-order valence-corrected chi connectivity index (χ1v) is 12.1. The number of hydrogen-bond acceptors (Lipinski definition) is 3. The summed E-state index contributed by atoms with van der Waals surface area (Å²) < 4.78 is 19.1. The van der Waals surface area contributed by atoms with Gasteiger partial charge in [-0.05, 0) is 65.4 Å². The van der Waals surface area contributed by atoms with Crippen molar-refractivity contribution in [1.82, 2.24) is 4.90 Å². The molecule has 0 bridgehead atoms. The van der Waals surface area contributed by atoms with Crippen molar-refractivity contribution in [2.24, 2.45) is 0 Å². The molecule has 0 saturated carbocycles. The molecule has 184 valence electrons. The first-order chi connectivity index (χ1) is 17.5. The fourth-order valence-corrected chi connectivity index (χ4v) is 4.34. The average molecular weight is 484 g/mol. The number of rotatable bonds is 9. The lowest BCUT2D eigenvalue weighted by atomic mass is 9.96. The second kappa shape index (κ2) is 12.2. The molecule has 1 atom stereocenters. The number of aliphatic carboxylic acids is 1. The van der Waals surface area contributed by atoms with Crippen LogP contribution in [-0.2, 0) is 17.9 Å². The lowest BCUT2D eigenvalue weighted by molar-refractivity contribution is -0.137. The fraction of sp³-hybridized carbons (Fsp3) is 0.258. The summed E-state index contributed by atoms with van der Waals surface area (Å²) in [5, 5.41) is 9.10. The van der Waals surface area contributed by atoms with Crippen molar-refractivity contribution in [2.45, 2.75) is 38.8 Å². The second-order valence-corrected chi connectivity index (χ2v) is 8.94. The van der Waals surface area contributed by atoms with Gasteiger partial charge in [-0.2, -0.15) is 0 Å². The van der Waals surface area contributed by atoms with Crippen LogP contribution in [0.3, 0.4) is 0 Å². The van der Waals surface area contributed by atoms with Crippen LogP contribution in [0, 0.1) is 17.7 Å². The monoisotopic (exact) mass is 483 g/mol. The molecule has 0 saturated heterocycles. The van der Waals surface area contributed by atoms with Crippen molar-refractivity contribution in [3.63, 3.8) is 0 Å². The Labute approximate surface area is 212 Å². The largest absolute Gasteiger partial charge is 0.489 e. The lowest BCUT2D eigenvalue weighted by Crippen LogP contribution is -2.28. The van der Waals surface area contributed by atoms with Gasteiger partial charge in [0.25, 0.3) is 0 Å². The molecule has 0 unspecified atom stereocenters. The van der Waals surface area contributed by atoms with E-state index in [1.54, 1.807) is 6.92 Å². The number of halogens is 1. The Bertz CT molecular complexity index is 1250. The Morgan fingerprint density at radius 2 is 1.72 bits per heavy atom. The molecule has 0 fully saturated rings. The third-order valence-corrected chi connectivity index (χ3v) is 6.32. The van der Waals surface area contributed by atoms with Crippen molar-refractivity contribution in [3.05, 3.63) is 107 Å². The zero-order valence-corrected chi connectivity index (χ0v) is 20.4. The molecule has 0 amide bonds. The minimum atomic E-state index is -0.863. The van der Waals surface area contributed by atoms with Crippen molar-refractivity contribution in [3.8, 4) is 17.6 Å². The van der Waals surface area contributed by atoms with E-state index in [1.165, 1.54) is 23.3 Å². The summed E-state index contributed by atoms with van der Waals surface area (Å²) in [7, 11) is 0. The van der Waals surface area contributed by atoms with Gasteiger partial charge in [0.05, 0.1) is 12.3 Å². The molecular formula is C31H30FNO3. The van der Waals surface area contributed by atoms with Gasteiger partial charge in [0, 0.05) is 19.6 Å². The SMILES string of the molecule is CC#C[C@@H](CC(=O)O)c1ccc(OCc2ccc(CN3CC=C(c4ccc(F)cc4)CC3)cc2)cc1. The maximum atomic E-state index is 13.2. The van der Waals surface area contributed by atoms with Crippen molar-refractivity contribution in [1.29, 1.82) is 0 Å². The number of ether oxygens (including phenoxy) is 1. The van der Waals surface area contributed by atoms with Crippen LogP contribution in [0.15, 0.2) is 78.9 Å². The van der Waals surface area contributed by atoms with Crippen LogP contribution in [0.1, 0.15) is 47.9 Å². The van der Waals surface area contributed by atoms with E-state index in [2.05, 4.69) is 47.1 Å². The van der Waals surface area contributed by atoms with E-state index < -0.39 is 5.97 Å². The number of hydrogen-bond donors (Lipinski definition) is 1. The first-order valence-electron chi connectivity index (χ1n) is 12.1. The zero-order chi connectivity index (χ0) is 25.3. The van der Waals surface area contributed by atoms with Crippen LogP contribution >= 0.6 is 0 Å². The molecule has 5 heteroatoms. The Morgan fingerprint density at radius 1 is 1.03 bits per heavy atom. The standard InChI is InChI=1S/C31H30FNO3/c1-2-3-28(20-31(34)35)26-10-14-30(15-11-26)36-22-24-6-4-23(5-7-24)21-33-18-16-27(17-19-33)25-8-12-29(32)13-9-25/h4-16,28H,17-22H2,1H3,(H,34,35)/t28-/m0/s1. The van der Waals surface area contributed by atoms with Crippen LogP contribution in [0.5, 0.6) is 5.75 Å². The quantitative estimate of drug-likeness (QED) is 0.364. The lowest BCUT2D eigenvalue weighted by Gasteiger charge is -2.26. The summed E-state index contributed by atoms with van der Waals surface area (Å²) in [5.74, 6) is 5.12. The Hall–Kier alpha value is -3.88. The zero-order valence-electron chi connectivity index (χ0n) is 20.4. The molecule has 1 N–H and O–H groups in total. The van der Waals surface area contributed by atoms with Crippen LogP contribution in [0.2, 0.25) is 0 Å². The summed E-state index contributed by atoms with van der Waals surface area (Å²) in [5.41, 5.74) is 5.59. The van der Waals surface area contributed by atoms with Crippen LogP contribution < -0.4 is 4.74 Å². The van der Waals surface area contributed by atoms with Gasteiger partial charge in [0.1, 0.15) is 18.2 Å². The van der Waals surface area contributed by atoms with Gasteiger partial charge in [0.15, 0.2) is 0 Å². The Kier molecular flexibility index (Phi) is 8.54. The van der Waals surface area contributed by atoms with E-state index in [9.17, 15) is 9.18 Å². The highest BCUT2D eigenvalue weighted by Crippen LogP contribution is 2.24. The number of nitrogens with zero attached hydrogens (tertiary/aromatic N) is 1. The molecule has 36 heavy (non-hydrogen) atoms. The summed E-state index contributed by atoms with van der Waals surface area (Å²) in [4.78, 5) is 13.5. The highest BCUT2D eigenvalue weighted by atomic mass is 19.1. The predicted molar refractivity (Wildman–Crippen MR) is 140 cm³/mol. The first kappa shape index (κ1) is 25.2. The Balaban J connectivity index is 1.27. The van der Waals surface area contributed by atoms with Gasteiger partial charge in [-0.15, -0.1) is 5.92 Å². The summed E-state index contributed by atoms with van der Waals surface area (Å²) in [6, 6.07) is 22.7. The molecule has 0 radical (unpaired) electrons. The van der Waals surface area contributed by atoms with Crippen LogP contribution in [-0.4, -0.2) is 29.1 Å². The van der Waals surface area contributed by atoms with Gasteiger partial charge >= 0.3 is 5.97 Å². The van der Waals surface area contributed by atoms with Gasteiger partial charge in [-0.1, -0.05) is 60.5 Å². The third-order valence-electron chi connectivity index (χ3n) is 6.32. The summed E-state index contributed by atoms with van der Waals surface area (Å²) in [6.07, 6.45) is 3.18. The molecule has 0 spiro atoms. The third kappa shape index (κ3) is 7.07. The molecule has 0 aliphatic carbocycles. The predicted octanol–water partition coefficient (Wildman–Crippen LogP) is 6.28. The van der Waals surface area contributed by atoms with E-state index in [0.29, 0.717) is 6.61 Å². The molecule has 3 aromatic rings. The summed E-state index contributed by atoms with van der Waals surface area (Å²) >= 11 is 0. The maximum absolute atomic E-state index is 13.2. The van der Waals surface area contributed by atoms with E-state index in [-0.39, 0.29) is 18.2 Å². The minimum absolute atomic E-state index is 0.0173.